The summed E-state index contributed by atoms with van der Waals surface area (Å²) in [5, 5.41) is 0. The number of rotatable bonds is 12. The second-order valence-electron chi connectivity index (χ2n) is 6.95. The molecule has 2 nitrogen and oxygen atoms in total. The molecule has 1 atom stereocenters. The lowest BCUT2D eigenvalue weighted by Crippen LogP contribution is -2.42. The summed E-state index contributed by atoms with van der Waals surface area (Å²) in [6.45, 7) is 2.26. The van der Waals surface area contributed by atoms with Gasteiger partial charge in [0.1, 0.15) is 0 Å². The summed E-state index contributed by atoms with van der Waals surface area (Å²) < 4.78 is 12.1. The van der Waals surface area contributed by atoms with Crippen molar-refractivity contribution in [2.75, 3.05) is 14.2 Å². The zero-order valence-electron chi connectivity index (χ0n) is 16.1. The number of allylic oxidation sites excluding steroid dienone is 4. The fourth-order valence-corrected chi connectivity index (χ4v) is 4.00. The van der Waals surface area contributed by atoms with Crippen molar-refractivity contribution in [2.45, 2.75) is 57.7 Å². The highest BCUT2D eigenvalue weighted by molar-refractivity contribution is 5.26. The molecule has 1 unspecified atom stereocenters. The van der Waals surface area contributed by atoms with E-state index in [1.165, 1.54) is 38.5 Å². The summed E-state index contributed by atoms with van der Waals surface area (Å²) >= 11 is 0. The molecule has 0 fully saturated rings. The van der Waals surface area contributed by atoms with E-state index in [0.717, 1.165) is 12.0 Å². The van der Waals surface area contributed by atoms with Crippen LogP contribution < -0.4 is 0 Å². The van der Waals surface area contributed by atoms with Gasteiger partial charge < -0.3 is 9.47 Å². The molecule has 25 heavy (non-hydrogen) atoms. The van der Waals surface area contributed by atoms with Gasteiger partial charge in [0.2, 0.25) is 0 Å². The second kappa shape index (κ2) is 10.6. The summed E-state index contributed by atoms with van der Waals surface area (Å²) in [4.78, 5) is 0. The van der Waals surface area contributed by atoms with Gasteiger partial charge in [-0.2, -0.15) is 0 Å². The fraction of sp³-hybridized carbons (Fsp3) is 0.565. The molecule has 138 valence electrons. The minimum atomic E-state index is -0.700. The van der Waals surface area contributed by atoms with E-state index in [9.17, 15) is 0 Å². The Morgan fingerprint density at radius 2 is 1.48 bits per heavy atom. The van der Waals surface area contributed by atoms with E-state index in [1.54, 1.807) is 14.2 Å². The minimum absolute atomic E-state index is 0.270. The summed E-state index contributed by atoms with van der Waals surface area (Å²) in [5.74, 6) is -0.0733. The van der Waals surface area contributed by atoms with E-state index in [4.69, 9.17) is 9.47 Å². The van der Waals surface area contributed by atoms with Gasteiger partial charge in [0, 0.05) is 31.6 Å². The summed E-state index contributed by atoms with van der Waals surface area (Å²) in [5.41, 5.74) is 1.10. The van der Waals surface area contributed by atoms with Gasteiger partial charge in [-0.25, -0.2) is 0 Å². The number of hydrogen-bond acceptors (Lipinski definition) is 2. The van der Waals surface area contributed by atoms with Crippen molar-refractivity contribution < 1.29 is 9.47 Å². The first kappa shape index (κ1) is 19.9. The standard InChI is InChI=1S/C23H34O2/c1-4-5-6-7-8-12-19-22(20-15-13-14-16-20)23(24-2,25-3)21-17-10-9-11-18-21/h9-11,13-18,20,22H,4-8,12,19H2,1-3H3. The molecule has 0 saturated carbocycles. The van der Waals surface area contributed by atoms with Gasteiger partial charge >= 0.3 is 0 Å². The van der Waals surface area contributed by atoms with Crippen LogP contribution in [0.25, 0.3) is 0 Å². The molecular formula is C23H34O2. The zero-order valence-corrected chi connectivity index (χ0v) is 16.1. The smallest absolute Gasteiger partial charge is 0.198 e. The van der Waals surface area contributed by atoms with Crippen molar-refractivity contribution in [1.29, 1.82) is 0 Å². The molecule has 0 aliphatic heterocycles. The quantitative estimate of drug-likeness (QED) is 0.330. The van der Waals surface area contributed by atoms with Crippen molar-refractivity contribution in [3.8, 4) is 0 Å². The highest BCUT2D eigenvalue weighted by Gasteiger charge is 2.43. The Morgan fingerprint density at radius 3 is 2.08 bits per heavy atom. The third kappa shape index (κ3) is 5.05. The average Bonchev–Trinajstić information content (AvgIpc) is 3.19. The first-order chi connectivity index (χ1) is 12.3. The summed E-state index contributed by atoms with van der Waals surface area (Å²) in [7, 11) is 3.54. The van der Waals surface area contributed by atoms with Crippen LogP contribution in [0.5, 0.6) is 0 Å². The van der Waals surface area contributed by atoms with Gasteiger partial charge in [-0.15, -0.1) is 0 Å². The number of methoxy groups -OCH3 is 2. The van der Waals surface area contributed by atoms with Crippen molar-refractivity contribution in [2.24, 2.45) is 11.8 Å². The molecule has 0 bridgehead atoms. The summed E-state index contributed by atoms with van der Waals surface area (Å²) in [6.07, 6.45) is 17.8. The van der Waals surface area contributed by atoms with Crippen molar-refractivity contribution in [1.82, 2.24) is 0 Å². The molecule has 0 saturated heterocycles. The number of benzene rings is 1. The maximum absolute atomic E-state index is 6.05. The van der Waals surface area contributed by atoms with Gasteiger partial charge in [-0.1, -0.05) is 100 Å². The van der Waals surface area contributed by atoms with Crippen LogP contribution in [0.2, 0.25) is 0 Å². The van der Waals surface area contributed by atoms with Gasteiger partial charge in [-0.05, 0) is 6.42 Å². The number of ether oxygens (including phenoxy) is 2. The molecule has 1 aliphatic rings. The topological polar surface area (TPSA) is 18.5 Å². The highest BCUT2D eigenvalue weighted by atomic mass is 16.7. The summed E-state index contributed by atoms with van der Waals surface area (Å²) in [6, 6.07) is 10.4. The lowest BCUT2D eigenvalue weighted by Gasteiger charge is -2.41. The lowest BCUT2D eigenvalue weighted by atomic mass is 9.78. The molecule has 0 aromatic heterocycles. The van der Waals surface area contributed by atoms with Crippen LogP contribution in [0.15, 0.2) is 54.6 Å². The van der Waals surface area contributed by atoms with Crippen molar-refractivity contribution >= 4 is 0 Å². The first-order valence-corrected chi connectivity index (χ1v) is 9.79. The van der Waals surface area contributed by atoms with E-state index in [0.29, 0.717) is 5.92 Å². The van der Waals surface area contributed by atoms with Crippen LogP contribution in [0, 0.1) is 11.8 Å². The lowest BCUT2D eigenvalue weighted by molar-refractivity contribution is -0.256. The van der Waals surface area contributed by atoms with Crippen LogP contribution >= 0.6 is 0 Å². The van der Waals surface area contributed by atoms with Crippen LogP contribution in [0.3, 0.4) is 0 Å². The van der Waals surface area contributed by atoms with Crippen LogP contribution in [0.1, 0.15) is 57.4 Å². The molecule has 0 spiro atoms. The largest absolute Gasteiger partial charge is 0.349 e. The molecule has 0 amide bonds. The maximum Gasteiger partial charge on any atom is 0.198 e. The molecule has 1 aliphatic carbocycles. The number of unbranched alkanes of at least 4 members (excludes halogenated alkanes) is 5. The van der Waals surface area contributed by atoms with Crippen LogP contribution in [0.4, 0.5) is 0 Å². The Morgan fingerprint density at radius 1 is 0.880 bits per heavy atom. The van der Waals surface area contributed by atoms with Gasteiger partial charge in [0.05, 0.1) is 0 Å². The number of hydrogen-bond donors (Lipinski definition) is 0. The van der Waals surface area contributed by atoms with E-state index < -0.39 is 5.79 Å². The predicted molar refractivity (Wildman–Crippen MR) is 105 cm³/mol. The zero-order chi connectivity index (χ0) is 18.0. The molecule has 1 aromatic rings. The maximum atomic E-state index is 6.05. The van der Waals surface area contributed by atoms with Crippen molar-refractivity contribution in [3.05, 3.63) is 60.2 Å². The van der Waals surface area contributed by atoms with Crippen LogP contribution in [-0.2, 0) is 15.3 Å². The molecule has 2 heteroatoms. The Hall–Kier alpha value is -1.38. The molecule has 2 rings (SSSR count). The molecule has 0 radical (unpaired) electrons. The Kier molecular flexibility index (Phi) is 8.43. The fourth-order valence-electron chi connectivity index (χ4n) is 4.00. The van der Waals surface area contributed by atoms with E-state index in [1.807, 2.05) is 6.07 Å². The van der Waals surface area contributed by atoms with E-state index in [-0.39, 0.29) is 5.92 Å². The molecular weight excluding hydrogens is 308 g/mol. The molecule has 0 heterocycles. The van der Waals surface area contributed by atoms with Gasteiger partial charge in [0.15, 0.2) is 5.79 Å². The third-order valence-corrected chi connectivity index (χ3v) is 5.38. The van der Waals surface area contributed by atoms with E-state index >= 15 is 0 Å². The highest BCUT2D eigenvalue weighted by Crippen LogP contribution is 2.43. The Bertz CT molecular complexity index is 516. The normalized spacial score (nSPS) is 15.8. The molecule has 0 N–H and O–H groups in total. The SMILES string of the molecule is CCCCCCCCC(C1C=CC=C1)C(OC)(OC)c1ccccc1. The van der Waals surface area contributed by atoms with Gasteiger partial charge in [0.25, 0.3) is 0 Å². The first-order valence-electron chi connectivity index (χ1n) is 9.79. The Labute approximate surface area is 153 Å². The third-order valence-electron chi connectivity index (χ3n) is 5.38. The predicted octanol–water partition coefficient (Wildman–Crippen LogP) is 6.24. The van der Waals surface area contributed by atoms with Crippen molar-refractivity contribution in [3.63, 3.8) is 0 Å². The minimum Gasteiger partial charge on any atom is -0.349 e. The Balaban J connectivity index is 2.14. The van der Waals surface area contributed by atoms with Crippen LogP contribution in [-0.4, -0.2) is 14.2 Å². The van der Waals surface area contributed by atoms with E-state index in [2.05, 4.69) is 55.5 Å². The second-order valence-corrected chi connectivity index (χ2v) is 6.95. The average molecular weight is 343 g/mol. The van der Waals surface area contributed by atoms with Gasteiger partial charge in [-0.3, -0.25) is 0 Å². The molecule has 1 aromatic carbocycles. The monoisotopic (exact) mass is 342 g/mol.